The molecule has 0 fully saturated rings. The summed E-state index contributed by atoms with van der Waals surface area (Å²) in [7, 11) is 0. The highest BCUT2D eigenvalue weighted by atomic mass is 16.3. The van der Waals surface area contributed by atoms with E-state index in [1.165, 1.54) is 0 Å². The largest absolute Gasteiger partial charge is 0.507 e. The molecule has 114 valence electrons. The number of fused-ring (bicyclic) bond motifs is 1. The summed E-state index contributed by atoms with van der Waals surface area (Å²) in [6, 6.07) is 18.5. The number of rotatable bonds is 3. The Morgan fingerprint density at radius 2 is 1.70 bits per heavy atom. The maximum absolute atomic E-state index is 12.2. The number of aryl methyl sites for hydroxylation is 1. The monoisotopic (exact) mass is 304 g/mol. The number of nitrogens with zero attached hydrogens (tertiary/aromatic N) is 1. The Kier molecular flexibility index (Phi) is 4.06. The van der Waals surface area contributed by atoms with E-state index in [4.69, 9.17) is 0 Å². The van der Waals surface area contributed by atoms with Crippen LogP contribution >= 0.6 is 0 Å². The second-order valence-corrected chi connectivity index (χ2v) is 5.27. The molecule has 4 heteroatoms. The van der Waals surface area contributed by atoms with Crippen LogP contribution in [0.25, 0.3) is 10.8 Å². The molecule has 0 atom stereocenters. The van der Waals surface area contributed by atoms with Crippen molar-refractivity contribution >= 4 is 22.9 Å². The van der Waals surface area contributed by atoms with Gasteiger partial charge < -0.3 is 5.11 Å². The summed E-state index contributed by atoms with van der Waals surface area (Å²) in [6.07, 6.45) is 1.59. The van der Waals surface area contributed by atoms with E-state index in [0.717, 1.165) is 21.9 Å². The molecule has 0 unspecified atom stereocenters. The van der Waals surface area contributed by atoms with Crippen molar-refractivity contribution in [2.45, 2.75) is 6.92 Å². The molecule has 0 aromatic heterocycles. The fourth-order valence-corrected chi connectivity index (χ4v) is 2.36. The SMILES string of the molecule is Cc1ccccc1/C=N\NC(=O)c1cc2ccccc2cc1O. The molecule has 0 aliphatic rings. The number of hydrazone groups is 1. The van der Waals surface area contributed by atoms with Gasteiger partial charge in [-0.1, -0.05) is 48.5 Å². The molecule has 0 bridgehead atoms. The van der Waals surface area contributed by atoms with Gasteiger partial charge in [0.2, 0.25) is 0 Å². The molecule has 3 aromatic carbocycles. The van der Waals surface area contributed by atoms with Crippen LogP contribution in [0.4, 0.5) is 0 Å². The lowest BCUT2D eigenvalue weighted by Gasteiger charge is -2.06. The number of amides is 1. The van der Waals surface area contributed by atoms with Crippen LogP contribution in [0.3, 0.4) is 0 Å². The minimum absolute atomic E-state index is 0.0627. The Morgan fingerprint density at radius 3 is 2.43 bits per heavy atom. The second kappa shape index (κ2) is 6.32. The van der Waals surface area contributed by atoms with Gasteiger partial charge in [-0.3, -0.25) is 4.79 Å². The number of hydrogen-bond acceptors (Lipinski definition) is 3. The number of carbonyl (C=O) groups excluding carboxylic acids is 1. The quantitative estimate of drug-likeness (QED) is 0.573. The molecule has 0 saturated carbocycles. The summed E-state index contributed by atoms with van der Waals surface area (Å²) in [6.45, 7) is 1.97. The molecule has 0 aliphatic carbocycles. The minimum Gasteiger partial charge on any atom is -0.507 e. The number of nitrogens with one attached hydrogen (secondary N) is 1. The van der Waals surface area contributed by atoms with Crippen LogP contribution in [0.5, 0.6) is 5.75 Å². The molecule has 1 amide bonds. The van der Waals surface area contributed by atoms with Crippen molar-refractivity contribution in [1.29, 1.82) is 0 Å². The Balaban J connectivity index is 1.81. The van der Waals surface area contributed by atoms with Gasteiger partial charge in [0.15, 0.2) is 0 Å². The van der Waals surface area contributed by atoms with Gasteiger partial charge in [-0.2, -0.15) is 5.10 Å². The van der Waals surface area contributed by atoms with Crippen molar-refractivity contribution in [1.82, 2.24) is 5.43 Å². The molecule has 3 rings (SSSR count). The predicted molar refractivity (Wildman–Crippen MR) is 91.9 cm³/mol. The zero-order valence-electron chi connectivity index (χ0n) is 12.7. The topological polar surface area (TPSA) is 61.7 Å². The molecule has 0 spiro atoms. The van der Waals surface area contributed by atoms with Crippen molar-refractivity contribution in [2.75, 3.05) is 0 Å². The van der Waals surface area contributed by atoms with E-state index >= 15 is 0 Å². The van der Waals surface area contributed by atoms with Gasteiger partial charge in [0, 0.05) is 0 Å². The number of benzene rings is 3. The second-order valence-electron chi connectivity index (χ2n) is 5.27. The number of carbonyl (C=O) groups is 1. The Bertz CT molecular complexity index is 901. The van der Waals surface area contributed by atoms with E-state index in [1.807, 2.05) is 55.5 Å². The van der Waals surface area contributed by atoms with Crippen LogP contribution in [0, 0.1) is 6.92 Å². The van der Waals surface area contributed by atoms with Gasteiger partial charge in [0.1, 0.15) is 5.75 Å². The molecule has 2 N–H and O–H groups in total. The molecular formula is C19H16N2O2. The van der Waals surface area contributed by atoms with Crippen molar-refractivity contribution in [3.8, 4) is 5.75 Å². The van der Waals surface area contributed by atoms with E-state index in [2.05, 4.69) is 10.5 Å². The number of phenolic OH excluding ortho intramolecular Hbond substituents is 1. The van der Waals surface area contributed by atoms with Gasteiger partial charge >= 0.3 is 0 Å². The highest BCUT2D eigenvalue weighted by Gasteiger charge is 2.11. The zero-order chi connectivity index (χ0) is 16.2. The van der Waals surface area contributed by atoms with Gasteiger partial charge in [-0.05, 0) is 41.0 Å². The summed E-state index contributed by atoms with van der Waals surface area (Å²) < 4.78 is 0. The predicted octanol–water partition coefficient (Wildman–Crippen LogP) is 3.62. The van der Waals surface area contributed by atoms with E-state index in [9.17, 15) is 9.90 Å². The zero-order valence-corrected chi connectivity index (χ0v) is 12.7. The molecule has 4 nitrogen and oxygen atoms in total. The molecule has 23 heavy (non-hydrogen) atoms. The van der Waals surface area contributed by atoms with Crippen LogP contribution in [-0.2, 0) is 0 Å². The smallest absolute Gasteiger partial charge is 0.275 e. The average molecular weight is 304 g/mol. The summed E-state index contributed by atoms with van der Waals surface area (Å²) in [4.78, 5) is 12.2. The Labute approximate surface area is 134 Å². The highest BCUT2D eigenvalue weighted by molar-refractivity contribution is 6.01. The van der Waals surface area contributed by atoms with E-state index in [1.54, 1.807) is 18.3 Å². The third kappa shape index (κ3) is 3.21. The summed E-state index contributed by atoms with van der Waals surface area (Å²) in [5.41, 5.74) is 4.65. The van der Waals surface area contributed by atoms with Crippen molar-refractivity contribution < 1.29 is 9.90 Å². The lowest BCUT2D eigenvalue weighted by molar-refractivity contribution is 0.0952. The van der Waals surface area contributed by atoms with Crippen LogP contribution in [0.1, 0.15) is 21.5 Å². The molecule has 0 radical (unpaired) electrons. The number of hydrogen-bond donors (Lipinski definition) is 2. The molecular weight excluding hydrogens is 288 g/mol. The average Bonchev–Trinajstić information content (AvgIpc) is 2.56. The van der Waals surface area contributed by atoms with Gasteiger partial charge in [0.25, 0.3) is 5.91 Å². The third-order valence-electron chi connectivity index (χ3n) is 3.67. The summed E-state index contributed by atoms with van der Waals surface area (Å²) in [5.74, 6) is -0.509. The Hall–Kier alpha value is -3.14. The fourth-order valence-electron chi connectivity index (χ4n) is 2.36. The highest BCUT2D eigenvalue weighted by Crippen LogP contribution is 2.24. The molecule has 0 heterocycles. The molecule has 0 saturated heterocycles. The molecule has 0 aliphatic heterocycles. The summed E-state index contributed by atoms with van der Waals surface area (Å²) >= 11 is 0. The lowest BCUT2D eigenvalue weighted by Crippen LogP contribution is -2.17. The maximum atomic E-state index is 12.2. The third-order valence-corrected chi connectivity index (χ3v) is 3.67. The number of aromatic hydroxyl groups is 1. The van der Waals surface area contributed by atoms with Crippen LogP contribution < -0.4 is 5.43 Å². The first-order chi connectivity index (χ1) is 11.1. The Morgan fingerprint density at radius 1 is 1.04 bits per heavy atom. The van der Waals surface area contributed by atoms with Crippen LogP contribution in [0.2, 0.25) is 0 Å². The van der Waals surface area contributed by atoms with Gasteiger partial charge in [-0.15, -0.1) is 0 Å². The normalized spacial score (nSPS) is 11.0. The van der Waals surface area contributed by atoms with Crippen molar-refractivity contribution in [2.24, 2.45) is 5.10 Å². The first-order valence-electron chi connectivity index (χ1n) is 7.26. The maximum Gasteiger partial charge on any atom is 0.275 e. The molecule has 3 aromatic rings. The van der Waals surface area contributed by atoms with E-state index in [-0.39, 0.29) is 11.3 Å². The van der Waals surface area contributed by atoms with Gasteiger partial charge in [-0.25, -0.2) is 5.43 Å². The summed E-state index contributed by atoms with van der Waals surface area (Å²) in [5, 5.41) is 15.8. The van der Waals surface area contributed by atoms with Crippen molar-refractivity contribution in [3.05, 3.63) is 77.4 Å². The van der Waals surface area contributed by atoms with E-state index < -0.39 is 5.91 Å². The standard InChI is InChI=1S/C19H16N2O2/c1-13-6-2-3-9-16(13)12-20-21-19(23)17-10-14-7-4-5-8-15(14)11-18(17)22/h2-12,22H,1H3,(H,21,23)/b20-12-. The fraction of sp³-hybridized carbons (Fsp3) is 0.0526. The first kappa shape index (κ1) is 14.8. The minimum atomic E-state index is -0.446. The lowest BCUT2D eigenvalue weighted by atomic mass is 10.1. The van der Waals surface area contributed by atoms with E-state index in [0.29, 0.717) is 0 Å². The first-order valence-corrected chi connectivity index (χ1v) is 7.26. The number of phenols is 1. The van der Waals surface area contributed by atoms with Crippen LogP contribution in [0.15, 0.2) is 65.8 Å². The van der Waals surface area contributed by atoms with Gasteiger partial charge in [0.05, 0.1) is 11.8 Å². The van der Waals surface area contributed by atoms with Crippen LogP contribution in [-0.4, -0.2) is 17.2 Å². The van der Waals surface area contributed by atoms with Crippen molar-refractivity contribution in [3.63, 3.8) is 0 Å².